The number of aryl methyl sites for hydroxylation is 2. The number of hydrogen-bond acceptors (Lipinski definition) is 11. The molecule has 2 aromatic carbocycles. The highest BCUT2D eigenvalue weighted by atomic mass is 35.5. The molecule has 0 bridgehead atoms. The van der Waals surface area contributed by atoms with Gasteiger partial charge in [-0.15, -0.1) is 21.5 Å². The van der Waals surface area contributed by atoms with Crippen molar-refractivity contribution < 1.29 is 24.0 Å². The fourth-order valence-corrected chi connectivity index (χ4v) is 11.2. The molecule has 0 saturated carbocycles. The molecule has 0 spiro atoms. The minimum atomic E-state index is -0.995. The summed E-state index contributed by atoms with van der Waals surface area (Å²) < 4.78 is 2.08. The minimum Gasteiger partial charge on any atom is -0.364 e. The fourth-order valence-electron chi connectivity index (χ4n) is 9.87. The maximum absolute atomic E-state index is 14.1. The minimum absolute atomic E-state index is 0.0635. The number of hydrogen-bond donors (Lipinski definition) is 1. The lowest BCUT2D eigenvalue weighted by molar-refractivity contribution is -0.136. The van der Waals surface area contributed by atoms with Crippen LogP contribution in [0.4, 0.5) is 5.69 Å². The van der Waals surface area contributed by atoms with Crippen molar-refractivity contribution in [1.82, 2.24) is 34.8 Å². The molecule has 1 N–H and O–H groups in total. The third kappa shape index (κ3) is 7.03. The topological polar surface area (TPSA) is 153 Å². The summed E-state index contributed by atoms with van der Waals surface area (Å²) in [6, 6.07) is 11.8. The molecule has 4 atom stereocenters. The smallest absolute Gasteiger partial charge is 0.262 e. The molecule has 3 saturated heterocycles. The van der Waals surface area contributed by atoms with Crippen LogP contribution in [0.15, 0.2) is 47.5 Å². The van der Waals surface area contributed by atoms with E-state index in [1.807, 2.05) is 42.2 Å². The largest absolute Gasteiger partial charge is 0.364 e. The van der Waals surface area contributed by atoms with E-state index in [0.717, 1.165) is 76.3 Å². The molecule has 3 fully saturated rings. The van der Waals surface area contributed by atoms with Gasteiger partial charge < -0.3 is 9.80 Å². The van der Waals surface area contributed by atoms with Gasteiger partial charge in [0.25, 0.3) is 11.8 Å². The standard InChI is InChI=1S/C44H48ClN9O5S/c1-23-20-50(21-24(2)52(23)31-10-11-32-33(18-31)43(59)54(42(32)58)35-12-13-36(55)47-41(35)57)22-28-14-16-51(17-15-28)37(56)19-34-40-49-48-27(5)53(40)44-38(25(3)26(4)60-44)39(46-34)29-6-8-30(45)9-7-29/h6-11,18,23-24,28,34-35H,12-17,19-22H2,1-5H3,(H,47,55,57)/t23?,24?,34-,35?/m0/s1. The highest BCUT2D eigenvalue weighted by Gasteiger charge is 2.45. The van der Waals surface area contributed by atoms with Crippen molar-refractivity contribution in [1.29, 1.82) is 0 Å². The number of nitrogens with zero attached hydrogens (tertiary/aromatic N) is 8. The Balaban J connectivity index is 0.837. The van der Waals surface area contributed by atoms with E-state index in [9.17, 15) is 24.0 Å². The van der Waals surface area contributed by atoms with Crippen LogP contribution in [-0.4, -0.2) is 116 Å². The second kappa shape index (κ2) is 15.7. The number of fused-ring (bicyclic) bond motifs is 4. The first-order valence-corrected chi connectivity index (χ1v) is 22.0. The molecule has 7 heterocycles. The van der Waals surface area contributed by atoms with Crippen LogP contribution in [0.2, 0.25) is 5.02 Å². The molecule has 4 aromatic rings. The first kappa shape index (κ1) is 40.2. The van der Waals surface area contributed by atoms with E-state index < -0.39 is 35.7 Å². The molecule has 60 heavy (non-hydrogen) atoms. The van der Waals surface area contributed by atoms with Gasteiger partial charge >= 0.3 is 0 Å². The molecular weight excluding hydrogens is 802 g/mol. The zero-order valence-electron chi connectivity index (χ0n) is 34.4. The summed E-state index contributed by atoms with van der Waals surface area (Å²) in [4.78, 5) is 79.5. The molecule has 14 nitrogen and oxygen atoms in total. The lowest BCUT2D eigenvalue weighted by atomic mass is 9.94. The summed E-state index contributed by atoms with van der Waals surface area (Å²) in [6.07, 6.45) is 2.22. The van der Waals surface area contributed by atoms with E-state index in [4.69, 9.17) is 16.6 Å². The van der Waals surface area contributed by atoms with Crippen molar-refractivity contribution in [3.8, 4) is 5.00 Å². The Hall–Kier alpha value is -5.25. The Morgan fingerprint density at radius 3 is 2.30 bits per heavy atom. The van der Waals surface area contributed by atoms with Gasteiger partial charge in [-0.3, -0.25) is 48.6 Å². The van der Waals surface area contributed by atoms with E-state index in [2.05, 4.69) is 57.6 Å². The maximum atomic E-state index is 14.1. The van der Waals surface area contributed by atoms with Gasteiger partial charge in [-0.2, -0.15) is 0 Å². The molecule has 5 aliphatic heterocycles. The number of nitrogens with one attached hydrogen (secondary N) is 1. The van der Waals surface area contributed by atoms with Crippen LogP contribution in [0, 0.1) is 26.7 Å². The van der Waals surface area contributed by atoms with Crippen LogP contribution in [0.3, 0.4) is 0 Å². The number of aliphatic imine (C=N–C) groups is 1. The van der Waals surface area contributed by atoms with E-state index in [0.29, 0.717) is 29.9 Å². The summed E-state index contributed by atoms with van der Waals surface area (Å²) in [7, 11) is 0. The monoisotopic (exact) mass is 849 g/mol. The number of rotatable bonds is 7. The molecule has 5 aliphatic rings. The number of piperidine rings is 2. The van der Waals surface area contributed by atoms with Crippen molar-refractivity contribution in [3.05, 3.63) is 91.8 Å². The van der Waals surface area contributed by atoms with Crippen LogP contribution in [0.5, 0.6) is 0 Å². The lowest BCUT2D eigenvalue weighted by Gasteiger charge is -2.47. The van der Waals surface area contributed by atoms with Gasteiger partial charge in [0.2, 0.25) is 17.7 Å². The van der Waals surface area contributed by atoms with Gasteiger partial charge in [0.15, 0.2) is 5.82 Å². The predicted molar refractivity (Wildman–Crippen MR) is 228 cm³/mol. The van der Waals surface area contributed by atoms with Crippen molar-refractivity contribution in [2.75, 3.05) is 37.6 Å². The second-order valence-electron chi connectivity index (χ2n) is 16.9. The number of imide groups is 2. The number of piperazine rings is 1. The average molecular weight is 850 g/mol. The van der Waals surface area contributed by atoms with Crippen LogP contribution >= 0.6 is 22.9 Å². The SMILES string of the molecule is Cc1sc2c(c1C)C(c1ccc(Cl)cc1)=N[C@@H](CC(=O)N1CCC(CN3CC(C)N(c4ccc5c(c4)C(=O)N(C4CCC(=O)NC4=O)C5=O)C(C)C3)CC1)c1nnc(C)n1-2. The maximum Gasteiger partial charge on any atom is 0.262 e. The number of likely N-dealkylation sites (tertiary alicyclic amines) is 1. The van der Waals surface area contributed by atoms with Gasteiger partial charge in [0.1, 0.15) is 22.9 Å². The summed E-state index contributed by atoms with van der Waals surface area (Å²) in [5.74, 6) is -0.0632. The Kier molecular flexibility index (Phi) is 10.5. The molecule has 5 amide bonds. The molecule has 0 radical (unpaired) electrons. The van der Waals surface area contributed by atoms with Gasteiger partial charge in [0.05, 0.1) is 23.3 Å². The van der Waals surface area contributed by atoms with Gasteiger partial charge in [0, 0.05) is 77.9 Å². The predicted octanol–water partition coefficient (Wildman–Crippen LogP) is 5.43. The Morgan fingerprint density at radius 2 is 1.60 bits per heavy atom. The van der Waals surface area contributed by atoms with Gasteiger partial charge in [-0.1, -0.05) is 23.7 Å². The Morgan fingerprint density at radius 1 is 0.900 bits per heavy atom. The van der Waals surface area contributed by atoms with Crippen molar-refractivity contribution in [3.63, 3.8) is 0 Å². The van der Waals surface area contributed by atoms with E-state index in [-0.39, 0.29) is 48.4 Å². The molecule has 3 unspecified atom stereocenters. The second-order valence-corrected chi connectivity index (χ2v) is 18.6. The first-order valence-electron chi connectivity index (χ1n) is 20.8. The average Bonchev–Trinajstić information content (AvgIpc) is 3.79. The molecule has 16 heteroatoms. The summed E-state index contributed by atoms with van der Waals surface area (Å²) >= 11 is 7.98. The fraction of sp³-hybridized carbons (Fsp3) is 0.455. The number of carbonyl (C=O) groups excluding carboxylic acids is 5. The summed E-state index contributed by atoms with van der Waals surface area (Å²) in [5.41, 5.74) is 5.40. The number of benzene rings is 2. The van der Waals surface area contributed by atoms with Gasteiger partial charge in [-0.05, 0) is 95.7 Å². The molecule has 9 rings (SSSR count). The summed E-state index contributed by atoms with van der Waals surface area (Å²) in [6.45, 7) is 14.5. The summed E-state index contributed by atoms with van der Waals surface area (Å²) in [5, 5.41) is 13.0. The Bertz CT molecular complexity index is 2460. The molecular formula is C44H48ClN9O5S. The molecule has 2 aromatic heterocycles. The zero-order chi connectivity index (χ0) is 42.1. The number of thiophene rings is 1. The number of aromatic nitrogens is 3. The highest BCUT2D eigenvalue weighted by Crippen LogP contribution is 2.40. The van der Waals surface area contributed by atoms with Gasteiger partial charge in [-0.25, -0.2) is 0 Å². The van der Waals surface area contributed by atoms with Crippen LogP contribution in [0.1, 0.15) is 106 Å². The zero-order valence-corrected chi connectivity index (χ0v) is 36.0. The van der Waals surface area contributed by atoms with E-state index in [1.165, 1.54) is 4.88 Å². The highest BCUT2D eigenvalue weighted by molar-refractivity contribution is 7.15. The van der Waals surface area contributed by atoms with Crippen LogP contribution in [0.25, 0.3) is 5.00 Å². The Labute approximate surface area is 357 Å². The number of amides is 5. The normalized spacial score (nSPS) is 23.6. The van der Waals surface area contributed by atoms with Crippen molar-refractivity contribution in [2.45, 2.75) is 90.9 Å². The number of halogens is 1. The number of carbonyl (C=O) groups is 5. The third-order valence-corrected chi connectivity index (χ3v) is 14.4. The van der Waals surface area contributed by atoms with Crippen LogP contribution < -0.4 is 10.2 Å². The third-order valence-electron chi connectivity index (χ3n) is 12.9. The number of anilines is 1. The first-order chi connectivity index (χ1) is 28.8. The van der Waals surface area contributed by atoms with Crippen LogP contribution in [-0.2, 0) is 14.4 Å². The van der Waals surface area contributed by atoms with E-state index >= 15 is 0 Å². The van der Waals surface area contributed by atoms with Crippen molar-refractivity contribution >= 4 is 63.9 Å². The van der Waals surface area contributed by atoms with Crippen molar-refractivity contribution in [2.24, 2.45) is 10.9 Å². The molecule has 312 valence electrons. The lowest BCUT2D eigenvalue weighted by Crippen LogP contribution is -2.58. The molecule has 0 aliphatic carbocycles. The van der Waals surface area contributed by atoms with E-state index in [1.54, 1.807) is 23.5 Å². The quantitative estimate of drug-likeness (QED) is 0.240.